The Hall–Kier alpha value is -1.81. The highest BCUT2D eigenvalue weighted by atomic mass is 16.2. The molecule has 0 unspecified atom stereocenters. The van der Waals surface area contributed by atoms with E-state index in [4.69, 9.17) is 10.8 Å². The summed E-state index contributed by atoms with van der Waals surface area (Å²) in [5.74, 6) is 0. The van der Waals surface area contributed by atoms with Gasteiger partial charge >= 0.3 is 0 Å². The van der Waals surface area contributed by atoms with Crippen LogP contribution >= 0.6 is 0 Å². The Balaban J connectivity index is 0.00000137. The number of allylic oxidation sites excluding steroid dienone is 1. The predicted molar refractivity (Wildman–Crippen MR) is 76.7 cm³/mol. The van der Waals surface area contributed by atoms with Gasteiger partial charge in [0.15, 0.2) is 0 Å². The van der Waals surface area contributed by atoms with E-state index in [0.29, 0.717) is 0 Å². The zero-order chi connectivity index (χ0) is 14.0. The largest absolute Gasteiger partial charge is 0.400 e. The summed E-state index contributed by atoms with van der Waals surface area (Å²) in [6, 6.07) is 7.76. The van der Waals surface area contributed by atoms with Crippen LogP contribution in [0.5, 0.6) is 0 Å². The minimum Gasteiger partial charge on any atom is -0.400 e. The molecule has 0 saturated carbocycles. The Kier molecular flexibility index (Phi) is 8.31. The maximum atomic E-state index is 10.4. The molecule has 0 atom stereocenters. The SMILES string of the molecule is C/C(C=O)=C/CCN(C)c1ccc(N)cc1.CO. The van der Waals surface area contributed by atoms with E-state index in [1.165, 1.54) is 0 Å². The van der Waals surface area contributed by atoms with Gasteiger partial charge in [-0.15, -0.1) is 0 Å². The third-order valence-corrected chi connectivity index (χ3v) is 2.45. The van der Waals surface area contributed by atoms with Crippen molar-refractivity contribution in [3.63, 3.8) is 0 Å². The molecule has 1 aromatic carbocycles. The predicted octanol–water partition coefficient (Wildman–Crippen LogP) is 1.85. The van der Waals surface area contributed by atoms with Crippen LogP contribution in [0.15, 0.2) is 35.9 Å². The molecule has 0 aliphatic carbocycles. The molecule has 100 valence electrons. The van der Waals surface area contributed by atoms with Gasteiger partial charge in [-0.05, 0) is 43.2 Å². The van der Waals surface area contributed by atoms with Crippen molar-refractivity contribution in [1.82, 2.24) is 0 Å². The number of hydrogen-bond acceptors (Lipinski definition) is 4. The van der Waals surface area contributed by atoms with Gasteiger partial charge in [0.1, 0.15) is 6.29 Å². The van der Waals surface area contributed by atoms with Crippen LogP contribution in [-0.4, -0.2) is 32.1 Å². The van der Waals surface area contributed by atoms with Gasteiger partial charge in [-0.25, -0.2) is 0 Å². The molecule has 1 rings (SSSR count). The van der Waals surface area contributed by atoms with Gasteiger partial charge in [0, 0.05) is 32.1 Å². The van der Waals surface area contributed by atoms with Crippen molar-refractivity contribution in [2.24, 2.45) is 0 Å². The lowest BCUT2D eigenvalue weighted by atomic mass is 10.2. The lowest BCUT2D eigenvalue weighted by Gasteiger charge is -2.18. The molecule has 0 aliphatic rings. The van der Waals surface area contributed by atoms with E-state index in [1.807, 2.05) is 44.3 Å². The molecular weight excluding hydrogens is 228 g/mol. The number of aliphatic hydroxyl groups is 1. The second kappa shape index (κ2) is 9.24. The van der Waals surface area contributed by atoms with E-state index in [-0.39, 0.29) is 0 Å². The zero-order valence-electron chi connectivity index (χ0n) is 11.3. The maximum absolute atomic E-state index is 10.4. The number of carbonyl (C=O) groups is 1. The summed E-state index contributed by atoms with van der Waals surface area (Å²) in [5.41, 5.74) is 8.30. The highest BCUT2D eigenvalue weighted by Crippen LogP contribution is 2.14. The summed E-state index contributed by atoms with van der Waals surface area (Å²) in [4.78, 5) is 12.5. The number of nitrogen functional groups attached to an aromatic ring is 1. The van der Waals surface area contributed by atoms with Gasteiger partial charge in [0.05, 0.1) is 0 Å². The molecule has 1 aromatic rings. The monoisotopic (exact) mass is 250 g/mol. The Bertz CT molecular complexity index is 372. The van der Waals surface area contributed by atoms with Gasteiger partial charge in [-0.3, -0.25) is 4.79 Å². The molecule has 0 radical (unpaired) electrons. The molecule has 4 nitrogen and oxygen atoms in total. The Labute approximate surface area is 109 Å². The van der Waals surface area contributed by atoms with Gasteiger partial charge < -0.3 is 15.7 Å². The van der Waals surface area contributed by atoms with Gasteiger partial charge in [-0.1, -0.05) is 6.08 Å². The summed E-state index contributed by atoms with van der Waals surface area (Å²) < 4.78 is 0. The van der Waals surface area contributed by atoms with Crippen molar-refractivity contribution in [2.45, 2.75) is 13.3 Å². The van der Waals surface area contributed by atoms with Crippen LogP contribution < -0.4 is 10.6 Å². The van der Waals surface area contributed by atoms with Gasteiger partial charge in [0.2, 0.25) is 0 Å². The summed E-state index contributed by atoms with van der Waals surface area (Å²) in [6.45, 7) is 2.70. The molecule has 0 heterocycles. The van der Waals surface area contributed by atoms with Crippen LogP contribution in [0.25, 0.3) is 0 Å². The number of aliphatic hydroxyl groups excluding tert-OH is 1. The summed E-state index contributed by atoms with van der Waals surface area (Å²) in [7, 11) is 3.02. The van der Waals surface area contributed by atoms with Crippen LogP contribution in [0.1, 0.15) is 13.3 Å². The molecule has 3 N–H and O–H groups in total. The summed E-state index contributed by atoms with van der Waals surface area (Å²) >= 11 is 0. The number of aldehydes is 1. The van der Waals surface area contributed by atoms with E-state index in [0.717, 1.165) is 43.3 Å². The number of nitrogens with two attached hydrogens (primary N) is 1. The quantitative estimate of drug-likeness (QED) is 0.475. The third kappa shape index (κ3) is 6.06. The fourth-order valence-corrected chi connectivity index (χ4v) is 1.39. The van der Waals surface area contributed by atoms with Crippen molar-refractivity contribution in [3.8, 4) is 0 Å². The second-order valence-corrected chi connectivity index (χ2v) is 3.87. The third-order valence-electron chi connectivity index (χ3n) is 2.45. The van der Waals surface area contributed by atoms with Crippen molar-refractivity contribution in [3.05, 3.63) is 35.9 Å². The molecule has 0 amide bonds. The first kappa shape index (κ1) is 16.2. The number of benzene rings is 1. The lowest BCUT2D eigenvalue weighted by Crippen LogP contribution is -2.17. The average Bonchev–Trinajstić information content (AvgIpc) is 2.41. The summed E-state index contributed by atoms with van der Waals surface area (Å²) in [6.07, 6.45) is 3.69. The zero-order valence-corrected chi connectivity index (χ0v) is 11.3. The summed E-state index contributed by atoms with van der Waals surface area (Å²) in [5, 5.41) is 7.00. The van der Waals surface area contributed by atoms with E-state index in [1.54, 1.807) is 0 Å². The van der Waals surface area contributed by atoms with Crippen molar-refractivity contribution in [1.29, 1.82) is 0 Å². The van der Waals surface area contributed by atoms with Gasteiger partial charge in [0.25, 0.3) is 0 Å². The molecule has 0 spiro atoms. The van der Waals surface area contributed by atoms with E-state index >= 15 is 0 Å². The first-order valence-corrected chi connectivity index (χ1v) is 5.77. The van der Waals surface area contributed by atoms with Crippen LogP contribution in [0.2, 0.25) is 0 Å². The molecular formula is C14H22N2O2. The first-order chi connectivity index (χ1) is 8.63. The smallest absolute Gasteiger partial charge is 0.145 e. The Morgan fingerprint density at radius 3 is 2.39 bits per heavy atom. The minimum absolute atomic E-state index is 0.772. The standard InChI is InChI=1S/C13H18N2O.CH4O/c1-11(10-16)4-3-9-15(2)13-7-5-12(14)6-8-13;1-2/h4-8,10H,3,9,14H2,1-2H3;2H,1H3/b11-4-;. The van der Waals surface area contributed by atoms with Crippen LogP contribution in [0, 0.1) is 0 Å². The van der Waals surface area contributed by atoms with Crippen molar-refractivity contribution in [2.75, 3.05) is 31.3 Å². The number of carbonyl (C=O) groups excluding carboxylic acids is 1. The molecule has 18 heavy (non-hydrogen) atoms. The Morgan fingerprint density at radius 1 is 1.33 bits per heavy atom. The van der Waals surface area contributed by atoms with E-state index in [2.05, 4.69) is 4.90 Å². The minimum atomic E-state index is 0.772. The number of hydrogen-bond donors (Lipinski definition) is 2. The molecule has 0 aliphatic heterocycles. The fourth-order valence-electron chi connectivity index (χ4n) is 1.39. The van der Waals surface area contributed by atoms with Crippen molar-refractivity contribution >= 4 is 17.7 Å². The maximum Gasteiger partial charge on any atom is 0.145 e. The second-order valence-electron chi connectivity index (χ2n) is 3.87. The average molecular weight is 250 g/mol. The highest BCUT2D eigenvalue weighted by molar-refractivity contribution is 5.71. The van der Waals surface area contributed by atoms with Crippen LogP contribution in [-0.2, 0) is 4.79 Å². The van der Waals surface area contributed by atoms with Crippen LogP contribution in [0.3, 0.4) is 0 Å². The van der Waals surface area contributed by atoms with Gasteiger partial charge in [-0.2, -0.15) is 0 Å². The Morgan fingerprint density at radius 2 is 1.89 bits per heavy atom. The molecule has 0 fully saturated rings. The number of rotatable bonds is 5. The van der Waals surface area contributed by atoms with Crippen LogP contribution in [0.4, 0.5) is 11.4 Å². The van der Waals surface area contributed by atoms with Crippen molar-refractivity contribution < 1.29 is 9.90 Å². The van der Waals surface area contributed by atoms with E-state index < -0.39 is 0 Å². The molecule has 0 bridgehead atoms. The molecule has 4 heteroatoms. The topological polar surface area (TPSA) is 66.6 Å². The fraction of sp³-hybridized carbons (Fsp3) is 0.357. The number of anilines is 2. The van der Waals surface area contributed by atoms with E-state index in [9.17, 15) is 4.79 Å². The normalized spacial score (nSPS) is 10.3. The first-order valence-electron chi connectivity index (χ1n) is 5.77. The lowest BCUT2D eigenvalue weighted by molar-refractivity contribution is -0.104. The molecule has 0 saturated heterocycles. The highest BCUT2D eigenvalue weighted by Gasteiger charge is 1.98. The molecule has 0 aromatic heterocycles. The number of nitrogens with zero attached hydrogens (tertiary/aromatic N) is 1.